The molecule has 0 bridgehead atoms. The maximum absolute atomic E-state index is 11.5. The van der Waals surface area contributed by atoms with Crippen LogP contribution in [-0.4, -0.2) is 25.5 Å². The molecule has 0 spiro atoms. The van der Waals surface area contributed by atoms with Crippen LogP contribution >= 0.6 is 0 Å². The van der Waals surface area contributed by atoms with E-state index in [2.05, 4.69) is 10.6 Å². The van der Waals surface area contributed by atoms with E-state index >= 15 is 0 Å². The number of rotatable bonds is 6. The molecule has 0 saturated heterocycles. The summed E-state index contributed by atoms with van der Waals surface area (Å²) in [7, 11) is 1.56. The number of anilines is 1. The predicted molar refractivity (Wildman–Crippen MR) is 78.8 cm³/mol. The van der Waals surface area contributed by atoms with Crippen molar-refractivity contribution in [3.63, 3.8) is 0 Å². The lowest BCUT2D eigenvalue weighted by Gasteiger charge is -2.12. The summed E-state index contributed by atoms with van der Waals surface area (Å²) in [6.45, 7) is 5.74. The molecule has 20 heavy (non-hydrogen) atoms. The third-order valence-electron chi connectivity index (χ3n) is 2.81. The fourth-order valence-corrected chi connectivity index (χ4v) is 1.73. The van der Waals surface area contributed by atoms with Crippen molar-refractivity contribution in [2.45, 2.75) is 27.2 Å². The number of methoxy groups -OCH3 is 1. The molecule has 0 atom stereocenters. The lowest BCUT2D eigenvalue weighted by Crippen LogP contribution is -2.29. The number of carbonyl (C=O) groups is 2. The Labute approximate surface area is 119 Å². The van der Waals surface area contributed by atoms with Gasteiger partial charge in [0, 0.05) is 19.4 Å². The van der Waals surface area contributed by atoms with Gasteiger partial charge in [0.05, 0.1) is 12.8 Å². The summed E-state index contributed by atoms with van der Waals surface area (Å²) in [6.07, 6.45) is 0.703. The number of amides is 2. The average molecular weight is 278 g/mol. The smallest absolute Gasteiger partial charge is 0.222 e. The monoisotopic (exact) mass is 278 g/mol. The van der Waals surface area contributed by atoms with Gasteiger partial charge in [0.25, 0.3) is 0 Å². The zero-order valence-electron chi connectivity index (χ0n) is 12.4. The first kappa shape index (κ1) is 16.0. The number of benzene rings is 1. The summed E-state index contributed by atoms with van der Waals surface area (Å²) in [6, 6.07) is 5.60. The van der Waals surface area contributed by atoms with Crippen LogP contribution in [0.4, 0.5) is 5.69 Å². The molecular formula is C15H22N2O3. The number of hydrogen-bond acceptors (Lipinski definition) is 3. The van der Waals surface area contributed by atoms with Gasteiger partial charge in [-0.15, -0.1) is 0 Å². The molecule has 2 amide bonds. The molecule has 0 aromatic heterocycles. The topological polar surface area (TPSA) is 67.4 Å². The Morgan fingerprint density at radius 1 is 1.30 bits per heavy atom. The van der Waals surface area contributed by atoms with Crippen LogP contribution in [0.15, 0.2) is 18.2 Å². The first-order valence-electron chi connectivity index (χ1n) is 6.66. The molecule has 0 heterocycles. The van der Waals surface area contributed by atoms with Crippen LogP contribution in [0.3, 0.4) is 0 Å². The molecule has 5 heteroatoms. The molecule has 0 fully saturated rings. The molecule has 0 aliphatic heterocycles. The summed E-state index contributed by atoms with van der Waals surface area (Å²) in [5.41, 5.74) is 1.67. The minimum absolute atomic E-state index is 0.0131. The standard InChI is InChI=1S/C15H22N2O3/c1-10(2)15(19)16-8-7-12-5-6-14(20-4)13(9-12)17-11(3)18/h5-6,9-10H,7-8H2,1-4H3,(H,16,19)(H,17,18). The van der Waals surface area contributed by atoms with Crippen molar-refractivity contribution in [3.8, 4) is 5.75 Å². The first-order valence-corrected chi connectivity index (χ1v) is 6.66. The van der Waals surface area contributed by atoms with Crippen LogP contribution in [0, 0.1) is 5.92 Å². The second-order valence-corrected chi connectivity index (χ2v) is 4.91. The number of hydrogen-bond donors (Lipinski definition) is 2. The quantitative estimate of drug-likeness (QED) is 0.836. The fourth-order valence-electron chi connectivity index (χ4n) is 1.73. The Bertz CT molecular complexity index is 484. The lowest BCUT2D eigenvalue weighted by molar-refractivity contribution is -0.124. The maximum atomic E-state index is 11.5. The van der Waals surface area contributed by atoms with Gasteiger partial charge in [-0.05, 0) is 24.1 Å². The van der Waals surface area contributed by atoms with E-state index in [0.717, 1.165) is 5.56 Å². The number of ether oxygens (including phenoxy) is 1. The van der Waals surface area contributed by atoms with Crippen LogP contribution in [0.2, 0.25) is 0 Å². The molecule has 0 unspecified atom stereocenters. The first-order chi connectivity index (χ1) is 9.43. The molecule has 0 radical (unpaired) electrons. The highest BCUT2D eigenvalue weighted by Crippen LogP contribution is 2.25. The van der Waals surface area contributed by atoms with Gasteiger partial charge in [0.2, 0.25) is 11.8 Å². The van der Waals surface area contributed by atoms with Gasteiger partial charge in [-0.3, -0.25) is 9.59 Å². The Hall–Kier alpha value is -2.04. The molecule has 0 aliphatic carbocycles. The van der Waals surface area contributed by atoms with Gasteiger partial charge in [0.1, 0.15) is 5.75 Å². The van der Waals surface area contributed by atoms with Gasteiger partial charge in [-0.25, -0.2) is 0 Å². The number of carbonyl (C=O) groups excluding carboxylic acids is 2. The van der Waals surface area contributed by atoms with E-state index in [-0.39, 0.29) is 17.7 Å². The van der Waals surface area contributed by atoms with Gasteiger partial charge < -0.3 is 15.4 Å². The summed E-state index contributed by atoms with van der Waals surface area (Å²) >= 11 is 0. The molecule has 5 nitrogen and oxygen atoms in total. The van der Waals surface area contributed by atoms with E-state index in [4.69, 9.17) is 4.74 Å². The van der Waals surface area contributed by atoms with Gasteiger partial charge in [0.15, 0.2) is 0 Å². The van der Waals surface area contributed by atoms with Crippen molar-refractivity contribution in [2.75, 3.05) is 19.0 Å². The van der Waals surface area contributed by atoms with Crippen LogP contribution in [0.5, 0.6) is 5.75 Å². The largest absolute Gasteiger partial charge is 0.495 e. The van der Waals surface area contributed by atoms with Crippen molar-refractivity contribution in [3.05, 3.63) is 23.8 Å². The molecule has 0 aliphatic rings. The highest BCUT2D eigenvalue weighted by atomic mass is 16.5. The van der Waals surface area contributed by atoms with Crippen molar-refractivity contribution >= 4 is 17.5 Å². The zero-order chi connectivity index (χ0) is 15.1. The molecule has 2 N–H and O–H groups in total. The van der Waals surface area contributed by atoms with E-state index in [1.54, 1.807) is 7.11 Å². The van der Waals surface area contributed by atoms with Crippen LogP contribution in [0.1, 0.15) is 26.3 Å². The third kappa shape index (κ3) is 4.91. The second kappa shape index (κ2) is 7.53. The molecule has 0 saturated carbocycles. The molecular weight excluding hydrogens is 256 g/mol. The highest BCUT2D eigenvalue weighted by molar-refractivity contribution is 5.90. The second-order valence-electron chi connectivity index (χ2n) is 4.91. The maximum Gasteiger partial charge on any atom is 0.222 e. The summed E-state index contributed by atoms with van der Waals surface area (Å²) in [4.78, 5) is 22.6. The predicted octanol–water partition coefficient (Wildman–Crippen LogP) is 1.97. The number of nitrogens with one attached hydrogen (secondary N) is 2. The SMILES string of the molecule is COc1ccc(CCNC(=O)C(C)C)cc1NC(C)=O. The van der Waals surface area contributed by atoms with Crippen molar-refractivity contribution in [1.29, 1.82) is 0 Å². The summed E-state index contributed by atoms with van der Waals surface area (Å²) < 4.78 is 5.19. The van der Waals surface area contributed by atoms with Crippen LogP contribution in [0.25, 0.3) is 0 Å². The highest BCUT2D eigenvalue weighted by Gasteiger charge is 2.08. The minimum Gasteiger partial charge on any atom is -0.495 e. The average Bonchev–Trinajstić information content (AvgIpc) is 2.38. The minimum atomic E-state index is -0.145. The lowest BCUT2D eigenvalue weighted by atomic mass is 10.1. The Morgan fingerprint density at radius 3 is 2.55 bits per heavy atom. The Kier molecular flexibility index (Phi) is 6.03. The fraction of sp³-hybridized carbons (Fsp3) is 0.467. The Morgan fingerprint density at radius 2 is 2.00 bits per heavy atom. The van der Waals surface area contributed by atoms with E-state index in [9.17, 15) is 9.59 Å². The van der Waals surface area contributed by atoms with Gasteiger partial charge >= 0.3 is 0 Å². The van der Waals surface area contributed by atoms with Gasteiger partial charge in [-0.2, -0.15) is 0 Å². The van der Waals surface area contributed by atoms with E-state index in [1.807, 2.05) is 32.0 Å². The van der Waals surface area contributed by atoms with Crippen LogP contribution in [-0.2, 0) is 16.0 Å². The summed E-state index contributed by atoms with van der Waals surface area (Å²) in [5, 5.41) is 5.59. The van der Waals surface area contributed by atoms with E-state index in [0.29, 0.717) is 24.4 Å². The molecule has 1 rings (SSSR count). The van der Waals surface area contributed by atoms with Crippen molar-refractivity contribution in [2.24, 2.45) is 5.92 Å². The zero-order valence-corrected chi connectivity index (χ0v) is 12.4. The molecule has 1 aromatic carbocycles. The van der Waals surface area contributed by atoms with Crippen molar-refractivity contribution < 1.29 is 14.3 Å². The summed E-state index contributed by atoms with van der Waals surface area (Å²) in [5.74, 6) is 0.505. The molecule has 110 valence electrons. The van der Waals surface area contributed by atoms with E-state index < -0.39 is 0 Å². The molecule has 1 aromatic rings. The Balaban J connectivity index is 2.67. The van der Waals surface area contributed by atoms with Crippen LogP contribution < -0.4 is 15.4 Å². The van der Waals surface area contributed by atoms with Gasteiger partial charge in [-0.1, -0.05) is 19.9 Å². The van der Waals surface area contributed by atoms with Crippen molar-refractivity contribution in [1.82, 2.24) is 5.32 Å². The normalized spacial score (nSPS) is 10.2. The van der Waals surface area contributed by atoms with E-state index in [1.165, 1.54) is 6.92 Å². The third-order valence-corrected chi connectivity index (χ3v) is 2.81.